The number of alkyl halides is 3. The van der Waals surface area contributed by atoms with Gasteiger partial charge in [0.15, 0.2) is 5.70 Å². The molecule has 0 bridgehead atoms. The van der Waals surface area contributed by atoms with Crippen molar-refractivity contribution in [3.8, 4) is 6.07 Å². The maximum Gasteiger partial charge on any atom is 0.416 e. The number of halogens is 3. The first kappa shape index (κ1) is 22.5. The Labute approximate surface area is 197 Å². The molecule has 0 atom stereocenters. The molecule has 2 heterocycles. The van der Waals surface area contributed by atoms with E-state index in [0.29, 0.717) is 11.1 Å². The van der Waals surface area contributed by atoms with E-state index in [1.807, 2.05) is 49.4 Å². The topological polar surface area (TPSA) is 28.1 Å². The average Bonchev–Trinajstić information content (AvgIpc) is 3.34. The quantitative estimate of drug-likeness (QED) is 0.214. The number of nitrogens with zero attached hydrogens (tertiary/aromatic N) is 2. The lowest BCUT2D eigenvalue weighted by molar-refractivity contribution is -0.137. The molecule has 0 fully saturated rings. The van der Waals surface area contributed by atoms with Crippen molar-refractivity contribution in [2.45, 2.75) is 13.1 Å². The molecule has 0 aliphatic carbocycles. The van der Waals surface area contributed by atoms with Gasteiger partial charge >= 0.3 is 6.18 Å². The molecule has 0 amide bonds. The van der Waals surface area contributed by atoms with Crippen molar-refractivity contribution in [3.05, 3.63) is 104 Å². The fourth-order valence-electron chi connectivity index (χ4n) is 3.22. The molecule has 0 saturated carbocycles. The monoisotopic (exact) mass is 476 g/mol. The van der Waals surface area contributed by atoms with E-state index >= 15 is 0 Å². The summed E-state index contributed by atoms with van der Waals surface area (Å²) in [6.07, 6.45) is -0.852. The number of thiophene rings is 2. The standard InChI is InChI=1S/C26H15F3N2S2/c1-16-3-5-17(6-4-16)19(15-30)11-21-13-24-25(32-21)14-22(33-24)12-23(31-2)18-7-9-20(10-8-18)26(27,28)29/h3-14H,1H3/b19-11+,23-12-. The molecular formula is C26H15F3N2S2. The fourth-order valence-corrected chi connectivity index (χ4v) is 5.51. The number of hydrogen-bond donors (Lipinski definition) is 0. The highest BCUT2D eigenvalue weighted by Gasteiger charge is 2.30. The van der Waals surface area contributed by atoms with Gasteiger partial charge in [-0.05, 0) is 42.3 Å². The van der Waals surface area contributed by atoms with Crippen molar-refractivity contribution in [2.75, 3.05) is 0 Å². The minimum absolute atomic E-state index is 0.281. The van der Waals surface area contributed by atoms with Crippen LogP contribution < -0.4 is 0 Å². The minimum Gasteiger partial charge on any atom is -0.237 e. The first-order chi connectivity index (χ1) is 15.8. The van der Waals surface area contributed by atoms with Gasteiger partial charge in [0, 0.05) is 19.2 Å². The lowest BCUT2D eigenvalue weighted by Crippen LogP contribution is -2.04. The van der Waals surface area contributed by atoms with Crippen LogP contribution in [0, 0.1) is 24.8 Å². The SMILES string of the molecule is [C-]#[N+]/C(=C\c1cc2sc(/C=C(\C#N)c3ccc(C)cc3)cc2s1)c1ccc(C(F)(F)F)cc1. The number of hydrogen-bond acceptors (Lipinski definition) is 3. The Balaban J connectivity index is 1.61. The van der Waals surface area contributed by atoms with Gasteiger partial charge in [0.25, 0.3) is 0 Å². The molecule has 2 aromatic carbocycles. The summed E-state index contributed by atoms with van der Waals surface area (Å²) < 4.78 is 40.4. The van der Waals surface area contributed by atoms with Crippen LogP contribution in [0.2, 0.25) is 0 Å². The molecular weight excluding hydrogens is 461 g/mol. The van der Waals surface area contributed by atoms with Crippen LogP contribution in [-0.4, -0.2) is 0 Å². The number of allylic oxidation sites excluding steroid dienone is 1. The van der Waals surface area contributed by atoms with Gasteiger partial charge in [-0.3, -0.25) is 0 Å². The first-order valence-corrected chi connectivity index (χ1v) is 11.4. The van der Waals surface area contributed by atoms with Gasteiger partial charge in [-0.25, -0.2) is 4.85 Å². The molecule has 0 radical (unpaired) electrons. The van der Waals surface area contributed by atoms with Crippen molar-refractivity contribution in [1.29, 1.82) is 5.26 Å². The third-order valence-corrected chi connectivity index (χ3v) is 7.11. The minimum atomic E-state index is -4.41. The summed E-state index contributed by atoms with van der Waals surface area (Å²) >= 11 is 3.04. The largest absolute Gasteiger partial charge is 0.416 e. The van der Waals surface area contributed by atoms with Crippen LogP contribution in [0.4, 0.5) is 13.2 Å². The predicted octanol–water partition coefficient (Wildman–Crippen LogP) is 8.77. The Kier molecular flexibility index (Phi) is 6.20. The lowest BCUT2D eigenvalue weighted by Gasteiger charge is -2.07. The maximum atomic E-state index is 12.8. The van der Waals surface area contributed by atoms with E-state index in [0.717, 1.165) is 42.4 Å². The Hall–Kier alpha value is -3.65. The molecule has 4 aromatic rings. The van der Waals surface area contributed by atoms with Crippen LogP contribution in [0.3, 0.4) is 0 Å². The molecule has 0 saturated heterocycles. The Morgan fingerprint density at radius 3 is 1.97 bits per heavy atom. The van der Waals surface area contributed by atoms with E-state index in [-0.39, 0.29) is 5.70 Å². The normalized spacial score (nSPS) is 12.5. The Bertz CT molecular complexity index is 1420. The number of rotatable bonds is 4. The number of nitriles is 1. The fraction of sp³-hybridized carbons (Fsp3) is 0.0769. The molecule has 162 valence electrons. The van der Waals surface area contributed by atoms with Gasteiger partial charge in [-0.1, -0.05) is 54.1 Å². The van der Waals surface area contributed by atoms with E-state index in [4.69, 9.17) is 6.57 Å². The zero-order valence-electron chi connectivity index (χ0n) is 17.3. The molecule has 4 rings (SSSR count). The molecule has 0 unspecified atom stereocenters. The van der Waals surface area contributed by atoms with Crippen LogP contribution in [0.15, 0.2) is 60.7 Å². The van der Waals surface area contributed by atoms with Gasteiger partial charge < -0.3 is 0 Å². The van der Waals surface area contributed by atoms with E-state index in [2.05, 4.69) is 10.9 Å². The molecule has 0 spiro atoms. The van der Waals surface area contributed by atoms with Crippen LogP contribution in [0.1, 0.15) is 32.0 Å². The van der Waals surface area contributed by atoms with Crippen LogP contribution in [-0.2, 0) is 6.18 Å². The molecule has 0 aliphatic rings. The van der Waals surface area contributed by atoms with Gasteiger partial charge in [-0.2, -0.15) is 18.4 Å². The second kappa shape index (κ2) is 9.07. The molecule has 0 aliphatic heterocycles. The predicted molar refractivity (Wildman–Crippen MR) is 130 cm³/mol. The average molecular weight is 477 g/mol. The highest BCUT2D eigenvalue weighted by atomic mass is 32.1. The summed E-state index contributed by atoms with van der Waals surface area (Å²) in [6, 6.07) is 18.6. The molecule has 2 aromatic heterocycles. The molecule has 2 nitrogen and oxygen atoms in total. The van der Waals surface area contributed by atoms with Crippen LogP contribution in [0.25, 0.3) is 37.7 Å². The Morgan fingerprint density at radius 1 is 0.909 bits per heavy atom. The summed E-state index contributed by atoms with van der Waals surface area (Å²) in [7, 11) is 0. The van der Waals surface area contributed by atoms with Crippen molar-refractivity contribution < 1.29 is 13.2 Å². The summed E-state index contributed by atoms with van der Waals surface area (Å²) in [5.41, 5.74) is 2.56. The third kappa shape index (κ3) is 5.06. The molecule has 33 heavy (non-hydrogen) atoms. The van der Waals surface area contributed by atoms with Gasteiger partial charge in [0.1, 0.15) is 0 Å². The van der Waals surface area contributed by atoms with Gasteiger partial charge in [0.2, 0.25) is 0 Å². The summed E-state index contributed by atoms with van der Waals surface area (Å²) in [4.78, 5) is 5.30. The Morgan fingerprint density at radius 2 is 1.45 bits per heavy atom. The van der Waals surface area contributed by atoms with Gasteiger partial charge in [0.05, 0.1) is 23.8 Å². The van der Waals surface area contributed by atoms with E-state index in [1.54, 1.807) is 17.4 Å². The zero-order chi connectivity index (χ0) is 23.6. The zero-order valence-corrected chi connectivity index (χ0v) is 18.9. The number of aryl methyl sites for hydroxylation is 1. The van der Waals surface area contributed by atoms with Crippen LogP contribution in [0.5, 0.6) is 0 Å². The highest BCUT2D eigenvalue weighted by Crippen LogP contribution is 2.37. The van der Waals surface area contributed by atoms with Crippen molar-refractivity contribution in [2.24, 2.45) is 0 Å². The number of benzene rings is 2. The van der Waals surface area contributed by atoms with Crippen molar-refractivity contribution in [3.63, 3.8) is 0 Å². The first-order valence-electron chi connectivity index (χ1n) is 9.76. The highest BCUT2D eigenvalue weighted by molar-refractivity contribution is 7.28. The summed E-state index contributed by atoms with van der Waals surface area (Å²) in [6.45, 7) is 9.45. The maximum absolute atomic E-state index is 12.8. The third-order valence-electron chi connectivity index (χ3n) is 4.92. The van der Waals surface area contributed by atoms with Crippen LogP contribution >= 0.6 is 22.7 Å². The van der Waals surface area contributed by atoms with Crippen molar-refractivity contribution in [1.82, 2.24) is 0 Å². The summed E-state index contributed by atoms with van der Waals surface area (Å²) in [5, 5.41) is 9.57. The van der Waals surface area contributed by atoms with Gasteiger partial charge in [-0.15, -0.1) is 22.7 Å². The van der Waals surface area contributed by atoms with Crippen molar-refractivity contribution >= 4 is 55.5 Å². The van der Waals surface area contributed by atoms with E-state index in [1.165, 1.54) is 23.5 Å². The smallest absolute Gasteiger partial charge is 0.237 e. The molecule has 7 heteroatoms. The van der Waals surface area contributed by atoms with E-state index in [9.17, 15) is 18.4 Å². The number of fused-ring (bicyclic) bond motifs is 1. The van der Waals surface area contributed by atoms with E-state index < -0.39 is 11.7 Å². The second-order valence-corrected chi connectivity index (χ2v) is 9.51. The summed E-state index contributed by atoms with van der Waals surface area (Å²) in [5.74, 6) is 0. The second-order valence-electron chi connectivity index (χ2n) is 7.28. The molecule has 0 N–H and O–H groups in total. The lowest BCUT2D eigenvalue weighted by atomic mass is 10.0.